The molecule has 1 aliphatic carbocycles. The molecular formula is C15H21N3O4. The predicted molar refractivity (Wildman–Crippen MR) is 80.7 cm³/mol. The molecule has 7 nitrogen and oxygen atoms in total. The fourth-order valence-electron chi connectivity index (χ4n) is 2.71. The van der Waals surface area contributed by atoms with Crippen LogP contribution in [0, 0.1) is 5.92 Å². The second-order valence-electron chi connectivity index (χ2n) is 5.18. The zero-order valence-corrected chi connectivity index (χ0v) is 12.8. The normalized spacial score (nSPS) is 20.8. The number of esters is 1. The van der Waals surface area contributed by atoms with Gasteiger partial charge in [0.05, 0.1) is 20.1 Å². The van der Waals surface area contributed by atoms with E-state index >= 15 is 0 Å². The minimum Gasteiger partial charge on any atom is -0.480 e. The Morgan fingerprint density at radius 1 is 1.27 bits per heavy atom. The molecule has 2 unspecified atom stereocenters. The van der Waals surface area contributed by atoms with Crippen molar-refractivity contribution in [3.05, 3.63) is 18.3 Å². The summed E-state index contributed by atoms with van der Waals surface area (Å²) >= 11 is 0. The van der Waals surface area contributed by atoms with Gasteiger partial charge in [-0.2, -0.15) is 0 Å². The first-order valence-electron chi connectivity index (χ1n) is 7.30. The molecule has 1 aliphatic rings. The van der Waals surface area contributed by atoms with E-state index in [0.29, 0.717) is 11.6 Å². The Hall–Kier alpha value is -2.31. The van der Waals surface area contributed by atoms with Crippen LogP contribution in [-0.4, -0.2) is 37.2 Å². The zero-order chi connectivity index (χ0) is 15.9. The standard InChI is InChI=1S/C15H21N3O4/c1-21-13-12(8-5-9-16-13)18-15(20)17-11-7-4-3-6-10(11)14(19)22-2/h5,8-11H,3-4,6-7H2,1-2H3,(H2,17,18,20). The van der Waals surface area contributed by atoms with Gasteiger partial charge in [0.1, 0.15) is 5.69 Å². The highest BCUT2D eigenvalue weighted by Gasteiger charge is 2.32. The highest BCUT2D eigenvalue weighted by atomic mass is 16.5. The summed E-state index contributed by atoms with van der Waals surface area (Å²) in [4.78, 5) is 28.0. The average molecular weight is 307 g/mol. The quantitative estimate of drug-likeness (QED) is 0.830. The summed E-state index contributed by atoms with van der Waals surface area (Å²) in [5, 5.41) is 5.55. The number of nitrogens with one attached hydrogen (secondary N) is 2. The van der Waals surface area contributed by atoms with Crippen LogP contribution in [0.4, 0.5) is 10.5 Å². The van der Waals surface area contributed by atoms with Gasteiger partial charge in [0, 0.05) is 12.2 Å². The predicted octanol–water partition coefficient (Wildman–Crippen LogP) is 1.94. The number of pyridine rings is 1. The summed E-state index contributed by atoms with van der Waals surface area (Å²) in [6.45, 7) is 0. The zero-order valence-electron chi connectivity index (χ0n) is 12.8. The van der Waals surface area contributed by atoms with E-state index < -0.39 is 0 Å². The SMILES string of the molecule is COC(=O)C1CCCCC1NC(=O)Nc1cccnc1OC. The molecule has 1 aromatic rings. The second kappa shape index (κ2) is 7.63. The molecule has 0 radical (unpaired) electrons. The van der Waals surface area contributed by atoms with Crippen LogP contribution < -0.4 is 15.4 Å². The van der Waals surface area contributed by atoms with Crippen molar-refractivity contribution in [2.75, 3.05) is 19.5 Å². The van der Waals surface area contributed by atoms with Crippen molar-refractivity contribution in [3.63, 3.8) is 0 Å². The van der Waals surface area contributed by atoms with Gasteiger partial charge in [0.15, 0.2) is 0 Å². The number of carbonyl (C=O) groups excluding carboxylic acids is 2. The third-order valence-electron chi connectivity index (χ3n) is 3.80. The smallest absolute Gasteiger partial charge is 0.319 e. The summed E-state index contributed by atoms with van der Waals surface area (Å²) in [5.41, 5.74) is 0.480. The lowest BCUT2D eigenvalue weighted by molar-refractivity contribution is -0.147. The van der Waals surface area contributed by atoms with Crippen LogP contribution in [-0.2, 0) is 9.53 Å². The Bertz CT molecular complexity index is 535. The maximum Gasteiger partial charge on any atom is 0.319 e. The van der Waals surface area contributed by atoms with Crippen LogP contribution in [0.25, 0.3) is 0 Å². The van der Waals surface area contributed by atoms with Crippen LogP contribution in [0.3, 0.4) is 0 Å². The Morgan fingerprint density at radius 2 is 2.05 bits per heavy atom. The van der Waals surface area contributed by atoms with Crippen molar-refractivity contribution in [3.8, 4) is 5.88 Å². The van der Waals surface area contributed by atoms with Gasteiger partial charge in [-0.1, -0.05) is 12.8 Å². The Balaban J connectivity index is 1.99. The fraction of sp³-hybridized carbons (Fsp3) is 0.533. The van der Waals surface area contributed by atoms with E-state index in [1.807, 2.05) is 0 Å². The number of ether oxygens (including phenoxy) is 2. The highest BCUT2D eigenvalue weighted by Crippen LogP contribution is 2.26. The molecule has 0 aliphatic heterocycles. The number of carbonyl (C=O) groups is 2. The third kappa shape index (κ3) is 3.87. The second-order valence-corrected chi connectivity index (χ2v) is 5.18. The number of hydrogen-bond donors (Lipinski definition) is 2. The molecular weight excluding hydrogens is 286 g/mol. The van der Waals surface area contributed by atoms with Gasteiger partial charge in [-0.05, 0) is 25.0 Å². The lowest BCUT2D eigenvalue weighted by Gasteiger charge is -2.30. The fourth-order valence-corrected chi connectivity index (χ4v) is 2.71. The number of hydrogen-bond acceptors (Lipinski definition) is 5. The molecule has 7 heteroatoms. The third-order valence-corrected chi connectivity index (χ3v) is 3.80. The molecule has 22 heavy (non-hydrogen) atoms. The number of urea groups is 1. The van der Waals surface area contributed by atoms with Gasteiger partial charge < -0.3 is 20.1 Å². The van der Waals surface area contributed by atoms with Gasteiger partial charge in [-0.25, -0.2) is 9.78 Å². The summed E-state index contributed by atoms with van der Waals surface area (Å²) in [6.07, 6.45) is 5.02. The Morgan fingerprint density at radius 3 is 2.77 bits per heavy atom. The molecule has 2 rings (SSSR count). The summed E-state index contributed by atoms with van der Waals surface area (Å²) < 4.78 is 9.90. The van der Waals surface area contributed by atoms with Gasteiger partial charge in [-0.15, -0.1) is 0 Å². The molecule has 0 spiro atoms. The molecule has 1 heterocycles. The van der Waals surface area contributed by atoms with Gasteiger partial charge in [0.2, 0.25) is 5.88 Å². The molecule has 2 amide bonds. The van der Waals surface area contributed by atoms with Gasteiger partial charge >= 0.3 is 12.0 Å². The largest absolute Gasteiger partial charge is 0.480 e. The van der Waals surface area contributed by atoms with Gasteiger partial charge in [-0.3, -0.25) is 4.79 Å². The van der Waals surface area contributed by atoms with Crippen LogP contribution in [0.2, 0.25) is 0 Å². The summed E-state index contributed by atoms with van der Waals surface area (Å²) in [6, 6.07) is 2.80. The minimum atomic E-state index is -0.382. The lowest BCUT2D eigenvalue weighted by Crippen LogP contribution is -2.47. The number of amides is 2. The Labute approximate surface area is 129 Å². The van der Waals surface area contributed by atoms with E-state index in [9.17, 15) is 9.59 Å². The summed E-state index contributed by atoms with van der Waals surface area (Å²) in [5.74, 6) is -0.227. The van der Waals surface area contributed by atoms with Crippen molar-refractivity contribution in [1.29, 1.82) is 0 Å². The number of aromatic nitrogens is 1. The van der Waals surface area contributed by atoms with Crippen LogP contribution in [0.5, 0.6) is 5.88 Å². The topological polar surface area (TPSA) is 89.5 Å². The molecule has 0 bridgehead atoms. The maximum absolute atomic E-state index is 12.1. The number of rotatable bonds is 4. The van der Waals surface area contributed by atoms with E-state index in [1.165, 1.54) is 14.2 Å². The maximum atomic E-state index is 12.1. The van der Waals surface area contributed by atoms with E-state index in [1.54, 1.807) is 18.3 Å². The monoisotopic (exact) mass is 307 g/mol. The molecule has 0 saturated heterocycles. The van der Waals surface area contributed by atoms with Crippen molar-refractivity contribution >= 4 is 17.7 Å². The molecule has 2 N–H and O–H groups in total. The molecule has 1 aromatic heterocycles. The first-order chi connectivity index (χ1) is 10.7. The minimum absolute atomic E-state index is 0.219. The lowest BCUT2D eigenvalue weighted by atomic mass is 9.84. The molecule has 2 atom stereocenters. The average Bonchev–Trinajstić information content (AvgIpc) is 2.55. The van der Waals surface area contributed by atoms with Gasteiger partial charge in [0.25, 0.3) is 0 Å². The van der Waals surface area contributed by atoms with Crippen molar-refractivity contribution in [1.82, 2.24) is 10.3 Å². The first-order valence-corrected chi connectivity index (χ1v) is 7.30. The van der Waals surface area contributed by atoms with Crippen LogP contribution in [0.15, 0.2) is 18.3 Å². The molecule has 120 valence electrons. The molecule has 1 saturated carbocycles. The number of nitrogens with zero attached hydrogens (tertiary/aromatic N) is 1. The Kier molecular flexibility index (Phi) is 5.57. The van der Waals surface area contributed by atoms with E-state index in [0.717, 1.165) is 25.7 Å². The van der Waals surface area contributed by atoms with E-state index in [4.69, 9.17) is 9.47 Å². The highest BCUT2D eigenvalue weighted by molar-refractivity contribution is 5.91. The first kappa shape index (κ1) is 16.1. The van der Waals surface area contributed by atoms with E-state index in [-0.39, 0.29) is 24.0 Å². The number of anilines is 1. The number of methoxy groups -OCH3 is 2. The summed E-state index contributed by atoms with van der Waals surface area (Å²) in [7, 11) is 2.86. The van der Waals surface area contributed by atoms with Crippen molar-refractivity contribution in [2.24, 2.45) is 5.92 Å². The molecule has 0 aromatic carbocycles. The van der Waals surface area contributed by atoms with Crippen molar-refractivity contribution < 1.29 is 19.1 Å². The molecule has 1 fully saturated rings. The van der Waals surface area contributed by atoms with E-state index in [2.05, 4.69) is 15.6 Å². The van der Waals surface area contributed by atoms with Crippen molar-refractivity contribution in [2.45, 2.75) is 31.7 Å². The van der Waals surface area contributed by atoms with Crippen LogP contribution in [0.1, 0.15) is 25.7 Å². The van der Waals surface area contributed by atoms with Crippen LogP contribution >= 0.6 is 0 Å².